The van der Waals surface area contributed by atoms with Gasteiger partial charge in [-0.15, -0.1) is 0 Å². The maximum absolute atomic E-state index is 12.3. The van der Waals surface area contributed by atoms with Gasteiger partial charge in [-0.3, -0.25) is 5.43 Å². The number of rotatable bonds is 5. The van der Waals surface area contributed by atoms with Crippen LogP contribution in [0.25, 0.3) is 0 Å². The Morgan fingerprint density at radius 2 is 2.05 bits per heavy atom. The van der Waals surface area contributed by atoms with Crippen molar-refractivity contribution in [1.29, 1.82) is 0 Å². The fourth-order valence-electron chi connectivity index (χ4n) is 1.42. The molecule has 0 amide bonds. The van der Waals surface area contributed by atoms with Gasteiger partial charge in [-0.1, -0.05) is 23.7 Å². The Hall–Kier alpha value is -2.19. The van der Waals surface area contributed by atoms with Gasteiger partial charge in [0.05, 0.1) is 11.9 Å². The molecular formula is C11H10ClF2N5O. The number of ether oxygens (including phenoxy) is 1. The molecule has 0 atom stereocenters. The van der Waals surface area contributed by atoms with E-state index in [1.165, 1.54) is 12.3 Å². The fourth-order valence-corrected chi connectivity index (χ4v) is 1.56. The number of nitrogens with one attached hydrogen (secondary N) is 2. The molecule has 0 spiro atoms. The largest absolute Gasteiger partial charge is 0.433 e. The number of benzene rings is 1. The second-order valence-electron chi connectivity index (χ2n) is 3.53. The van der Waals surface area contributed by atoms with Gasteiger partial charge in [-0.05, 0) is 12.1 Å². The van der Waals surface area contributed by atoms with Crippen LogP contribution in [-0.4, -0.2) is 16.6 Å². The second-order valence-corrected chi connectivity index (χ2v) is 3.94. The van der Waals surface area contributed by atoms with Crippen molar-refractivity contribution in [1.82, 2.24) is 9.97 Å². The van der Waals surface area contributed by atoms with Crippen molar-refractivity contribution >= 4 is 29.1 Å². The molecule has 20 heavy (non-hydrogen) atoms. The van der Waals surface area contributed by atoms with Crippen LogP contribution >= 0.6 is 11.6 Å². The molecule has 0 aliphatic rings. The molecule has 0 saturated carbocycles. The summed E-state index contributed by atoms with van der Waals surface area (Å²) in [5.41, 5.74) is 2.54. The molecule has 106 valence electrons. The van der Waals surface area contributed by atoms with Gasteiger partial charge < -0.3 is 10.1 Å². The third-order valence-electron chi connectivity index (χ3n) is 2.23. The minimum Gasteiger partial charge on any atom is -0.433 e. The molecule has 0 saturated heterocycles. The van der Waals surface area contributed by atoms with Gasteiger partial charge in [-0.25, -0.2) is 10.8 Å². The summed E-state index contributed by atoms with van der Waals surface area (Å²) in [6.07, 6.45) is 1.32. The Bertz CT molecular complexity index is 599. The van der Waals surface area contributed by atoms with Crippen molar-refractivity contribution < 1.29 is 13.5 Å². The van der Waals surface area contributed by atoms with Crippen LogP contribution in [0.4, 0.5) is 26.2 Å². The molecule has 6 nitrogen and oxygen atoms in total. The van der Waals surface area contributed by atoms with E-state index in [1.54, 1.807) is 18.2 Å². The zero-order valence-electron chi connectivity index (χ0n) is 9.98. The minimum absolute atomic E-state index is 0.0283. The van der Waals surface area contributed by atoms with Crippen LogP contribution in [0.2, 0.25) is 5.02 Å². The highest BCUT2D eigenvalue weighted by Crippen LogP contribution is 2.30. The number of hydrogen-bond acceptors (Lipinski definition) is 6. The van der Waals surface area contributed by atoms with Gasteiger partial charge in [0.2, 0.25) is 5.95 Å². The van der Waals surface area contributed by atoms with Crippen LogP contribution in [0, 0.1) is 0 Å². The van der Waals surface area contributed by atoms with Crippen molar-refractivity contribution in [3.05, 3.63) is 35.5 Å². The molecule has 0 bridgehead atoms. The maximum Gasteiger partial charge on any atom is 0.387 e. The summed E-state index contributed by atoms with van der Waals surface area (Å²) in [6.45, 7) is -2.93. The highest BCUT2D eigenvalue weighted by Gasteiger charge is 2.11. The van der Waals surface area contributed by atoms with E-state index < -0.39 is 6.61 Å². The maximum atomic E-state index is 12.3. The highest BCUT2D eigenvalue weighted by molar-refractivity contribution is 6.32. The lowest BCUT2D eigenvalue weighted by Gasteiger charge is -2.13. The first kappa shape index (κ1) is 14.2. The first-order valence-electron chi connectivity index (χ1n) is 5.40. The predicted molar refractivity (Wildman–Crippen MR) is 71.2 cm³/mol. The summed E-state index contributed by atoms with van der Waals surface area (Å²) in [7, 11) is 0. The van der Waals surface area contributed by atoms with E-state index in [1.807, 2.05) is 0 Å². The van der Waals surface area contributed by atoms with E-state index in [4.69, 9.17) is 17.4 Å². The van der Waals surface area contributed by atoms with Crippen molar-refractivity contribution in [3.8, 4) is 5.75 Å². The van der Waals surface area contributed by atoms with Crippen molar-refractivity contribution in [2.75, 3.05) is 10.7 Å². The number of alkyl halides is 2. The van der Waals surface area contributed by atoms with Gasteiger partial charge in [0.25, 0.3) is 0 Å². The van der Waals surface area contributed by atoms with Crippen LogP contribution < -0.4 is 21.3 Å². The number of anilines is 3. The third kappa shape index (κ3) is 3.43. The molecule has 0 unspecified atom stereocenters. The number of halogens is 3. The van der Waals surface area contributed by atoms with E-state index >= 15 is 0 Å². The zero-order valence-corrected chi connectivity index (χ0v) is 10.7. The number of nitrogens with two attached hydrogens (primary N) is 1. The van der Waals surface area contributed by atoms with E-state index in [0.29, 0.717) is 0 Å². The molecule has 0 aliphatic heterocycles. The topological polar surface area (TPSA) is 85.1 Å². The first-order chi connectivity index (χ1) is 9.60. The van der Waals surface area contributed by atoms with Crippen LogP contribution in [-0.2, 0) is 0 Å². The summed E-state index contributed by atoms with van der Waals surface area (Å²) < 4.78 is 29.0. The third-order valence-corrected chi connectivity index (χ3v) is 2.51. The Morgan fingerprint density at radius 1 is 1.30 bits per heavy atom. The smallest absolute Gasteiger partial charge is 0.387 e. The summed E-state index contributed by atoms with van der Waals surface area (Å²) in [5, 5.41) is 2.99. The van der Waals surface area contributed by atoms with Gasteiger partial charge in [0.15, 0.2) is 5.82 Å². The average Bonchev–Trinajstić information content (AvgIpc) is 2.43. The SMILES string of the molecule is NNc1ncc(Cl)c(Nc2ccccc2OC(F)F)n1. The Balaban J connectivity index is 2.30. The average molecular weight is 302 g/mol. The van der Waals surface area contributed by atoms with Crippen LogP contribution in [0.1, 0.15) is 0 Å². The molecule has 2 rings (SSSR count). The molecule has 1 aromatic heterocycles. The van der Waals surface area contributed by atoms with E-state index in [9.17, 15) is 8.78 Å². The van der Waals surface area contributed by atoms with Crippen LogP contribution in [0.3, 0.4) is 0 Å². The monoisotopic (exact) mass is 301 g/mol. The van der Waals surface area contributed by atoms with E-state index in [0.717, 1.165) is 0 Å². The highest BCUT2D eigenvalue weighted by atomic mass is 35.5. The van der Waals surface area contributed by atoms with E-state index in [-0.39, 0.29) is 28.2 Å². The standard InChI is InChI=1S/C11H10ClF2N5O/c12-6-5-16-11(19-15)18-9(6)17-7-3-1-2-4-8(7)20-10(13)14/h1-5,10H,15H2,(H2,16,17,18,19). The normalized spacial score (nSPS) is 10.4. The Morgan fingerprint density at radius 3 is 2.75 bits per heavy atom. The second kappa shape index (κ2) is 6.31. The molecule has 4 N–H and O–H groups in total. The molecule has 9 heteroatoms. The molecular weight excluding hydrogens is 292 g/mol. The lowest BCUT2D eigenvalue weighted by atomic mass is 10.3. The molecule has 0 aliphatic carbocycles. The number of para-hydroxylation sites is 2. The van der Waals surface area contributed by atoms with Crippen molar-refractivity contribution in [2.45, 2.75) is 6.61 Å². The zero-order chi connectivity index (χ0) is 14.5. The summed E-state index contributed by atoms with van der Waals surface area (Å²) in [5.74, 6) is 5.50. The minimum atomic E-state index is -2.93. The Labute approximate surface area is 117 Å². The van der Waals surface area contributed by atoms with E-state index in [2.05, 4.69) is 25.4 Å². The van der Waals surface area contributed by atoms with Gasteiger partial charge >= 0.3 is 6.61 Å². The Kier molecular flexibility index (Phi) is 4.49. The molecule has 1 aromatic carbocycles. The summed E-state index contributed by atoms with van der Waals surface area (Å²) >= 11 is 5.92. The predicted octanol–water partition coefficient (Wildman–Crippen LogP) is 2.76. The molecule has 0 fully saturated rings. The fraction of sp³-hybridized carbons (Fsp3) is 0.0909. The lowest BCUT2D eigenvalue weighted by molar-refractivity contribution is -0.0493. The summed E-state index contributed by atoms with van der Waals surface area (Å²) in [4.78, 5) is 7.77. The van der Waals surface area contributed by atoms with Gasteiger partial charge in [0.1, 0.15) is 10.8 Å². The molecule has 0 radical (unpaired) electrons. The number of nitrogen functional groups attached to an aromatic ring is 1. The quantitative estimate of drug-likeness (QED) is 0.581. The summed E-state index contributed by atoms with van der Waals surface area (Å²) in [6, 6.07) is 6.16. The van der Waals surface area contributed by atoms with Crippen LogP contribution in [0.5, 0.6) is 5.75 Å². The number of hydrogen-bond donors (Lipinski definition) is 3. The van der Waals surface area contributed by atoms with Crippen molar-refractivity contribution in [2.24, 2.45) is 5.84 Å². The van der Waals surface area contributed by atoms with Crippen LogP contribution in [0.15, 0.2) is 30.5 Å². The molecule has 2 aromatic rings. The molecule has 1 heterocycles. The van der Waals surface area contributed by atoms with Gasteiger partial charge in [-0.2, -0.15) is 13.8 Å². The number of hydrazine groups is 1. The lowest BCUT2D eigenvalue weighted by Crippen LogP contribution is -2.11. The number of aromatic nitrogens is 2. The van der Waals surface area contributed by atoms with Gasteiger partial charge in [0, 0.05) is 0 Å². The van der Waals surface area contributed by atoms with Crippen molar-refractivity contribution in [3.63, 3.8) is 0 Å². The first-order valence-corrected chi connectivity index (χ1v) is 5.78. The number of nitrogens with zero attached hydrogens (tertiary/aromatic N) is 2.